The quantitative estimate of drug-likeness (QED) is 0.226. The zero-order valence-corrected chi connectivity index (χ0v) is 19.4. The van der Waals surface area contributed by atoms with E-state index in [2.05, 4.69) is 27.8 Å². The summed E-state index contributed by atoms with van der Waals surface area (Å²) >= 11 is 0. The number of aliphatic imine (C=N–C) groups is 1. The van der Waals surface area contributed by atoms with Crippen molar-refractivity contribution in [3.05, 3.63) is 17.5 Å². The van der Waals surface area contributed by atoms with Crippen molar-refractivity contribution in [2.75, 3.05) is 33.7 Å². The van der Waals surface area contributed by atoms with Gasteiger partial charge in [0.1, 0.15) is 0 Å². The monoisotopic (exact) mass is 490 g/mol. The van der Waals surface area contributed by atoms with Crippen LogP contribution < -0.4 is 10.6 Å². The van der Waals surface area contributed by atoms with Gasteiger partial charge < -0.3 is 15.5 Å². The Morgan fingerprint density at radius 1 is 1.33 bits per heavy atom. The molecule has 1 saturated carbocycles. The highest BCUT2D eigenvalue weighted by Gasteiger charge is 2.41. The van der Waals surface area contributed by atoms with Crippen molar-refractivity contribution < 1.29 is 4.79 Å². The Balaban J connectivity index is 0.00000364. The summed E-state index contributed by atoms with van der Waals surface area (Å²) in [4.78, 5) is 19.1. The maximum Gasteiger partial charge on any atom is 0.230 e. The maximum atomic E-state index is 12.7. The number of hydrogen-bond donors (Lipinski definition) is 3. The van der Waals surface area contributed by atoms with E-state index in [1.807, 2.05) is 27.2 Å². The number of rotatable bonds is 8. The fourth-order valence-corrected chi connectivity index (χ4v) is 3.65. The predicted molar refractivity (Wildman–Crippen MR) is 121 cm³/mol. The van der Waals surface area contributed by atoms with E-state index in [4.69, 9.17) is 4.99 Å². The van der Waals surface area contributed by atoms with E-state index in [-0.39, 0.29) is 35.3 Å². The standard InChI is InChI=1S/C19H34N6O.HI/c1-5-20-18(21-12-8-9-16-13-23-24-15(16)2)22-14-19(10-6-7-11-19)17(26)25(3)4;/h13H,5-12,14H2,1-4H3,(H,23,24)(H2,20,21,22);1H. The first-order chi connectivity index (χ1) is 12.5. The molecule has 0 saturated heterocycles. The molecule has 3 N–H and O–H groups in total. The lowest BCUT2D eigenvalue weighted by molar-refractivity contribution is -0.138. The SMILES string of the molecule is CCNC(=NCC1(C(=O)N(C)C)CCCC1)NCCCc1cn[nH]c1C.I. The molecule has 1 aliphatic rings. The molecule has 1 aromatic rings. The maximum absolute atomic E-state index is 12.7. The third-order valence-corrected chi connectivity index (χ3v) is 5.15. The first-order valence-electron chi connectivity index (χ1n) is 9.71. The number of amides is 1. The molecule has 0 radical (unpaired) electrons. The van der Waals surface area contributed by atoms with Crippen molar-refractivity contribution in [3.63, 3.8) is 0 Å². The summed E-state index contributed by atoms with van der Waals surface area (Å²) < 4.78 is 0. The Labute approximate surface area is 180 Å². The van der Waals surface area contributed by atoms with Crippen molar-refractivity contribution in [2.45, 2.75) is 52.4 Å². The van der Waals surface area contributed by atoms with Gasteiger partial charge in [-0.15, -0.1) is 24.0 Å². The van der Waals surface area contributed by atoms with Gasteiger partial charge in [0.15, 0.2) is 5.96 Å². The number of hydrogen-bond acceptors (Lipinski definition) is 3. The number of nitrogens with zero attached hydrogens (tertiary/aromatic N) is 3. The minimum Gasteiger partial charge on any atom is -0.357 e. The van der Waals surface area contributed by atoms with E-state index in [0.29, 0.717) is 6.54 Å². The van der Waals surface area contributed by atoms with Gasteiger partial charge in [-0.3, -0.25) is 14.9 Å². The first-order valence-corrected chi connectivity index (χ1v) is 9.71. The van der Waals surface area contributed by atoms with Gasteiger partial charge in [0.05, 0.1) is 18.2 Å². The lowest BCUT2D eigenvalue weighted by Gasteiger charge is -2.29. The van der Waals surface area contributed by atoms with Crippen LogP contribution in [0.3, 0.4) is 0 Å². The molecule has 2 rings (SSSR count). The van der Waals surface area contributed by atoms with Crippen LogP contribution in [0, 0.1) is 12.3 Å². The van der Waals surface area contributed by atoms with Gasteiger partial charge in [-0.05, 0) is 45.1 Å². The van der Waals surface area contributed by atoms with Gasteiger partial charge in [0.25, 0.3) is 0 Å². The van der Waals surface area contributed by atoms with Crippen LogP contribution in [0.4, 0.5) is 0 Å². The third kappa shape index (κ3) is 6.65. The summed E-state index contributed by atoms with van der Waals surface area (Å²) in [6.07, 6.45) is 7.99. The zero-order valence-electron chi connectivity index (χ0n) is 17.1. The normalized spacial score (nSPS) is 15.9. The fraction of sp³-hybridized carbons (Fsp3) is 0.737. The Kier molecular flexibility index (Phi) is 10.1. The number of guanidine groups is 1. The third-order valence-electron chi connectivity index (χ3n) is 5.15. The van der Waals surface area contributed by atoms with Crippen molar-refractivity contribution in [1.29, 1.82) is 0 Å². The number of nitrogens with one attached hydrogen (secondary N) is 3. The number of aromatic nitrogens is 2. The van der Waals surface area contributed by atoms with Crippen LogP contribution in [0.1, 0.15) is 50.3 Å². The number of aryl methyl sites for hydroxylation is 2. The second kappa shape index (κ2) is 11.5. The van der Waals surface area contributed by atoms with E-state index < -0.39 is 0 Å². The van der Waals surface area contributed by atoms with Crippen molar-refractivity contribution >= 4 is 35.8 Å². The number of H-pyrrole nitrogens is 1. The molecule has 154 valence electrons. The van der Waals surface area contributed by atoms with E-state index in [0.717, 1.165) is 63.3 Å². The van der Waals surface area contributed by atoms with E-state index in [1.165, 1.54) is 5.56 Å². The molecule has 0 bridgehead atoms. The molecule has 1 amide bonds. The highest BCUT2D eigenvalue weighted by molar-refractivity contribution is 14.0. The molecule has 1 aromatic heterocycles. The molecule has 1 aliphatic carbocycles. The molecular weight excluding hydrogens is 455 g/mol. The number of carbonyl (C=O) groups excluding carboxylic acids is 1. The van der Waals surface area contributed by atoms with Crippen LogP contribution in [0.2, 0.25) is 0 Å². The highest BCUT2D eigenvalue weighted by atomic mass is 127. The summed E-state index contributed by atoms with van der Waals surface area (Å²) in [5.41, 5.74) is 2.07. The summed E-state index contributed by atoms with van der Waals surface area (Å²) in [6.45, 7) is 6.30. The van der Waals surface area contributed by atoms with Crippen molar-refractivity contribution in [1.82, 2.24) is 25.7 Å². The number of aromatic amines is 1. The van der Waals surface area contributed by atoms with Crippen LogP contribution in [0.15, 0.2) is 11.2 Å². The molecule has 0 unspecified atom stereocenters. The minimum absolute atomic E-state index is 0. The molecule has 7 nitrogen and oxygen atoms in total. The first kappa shape index (κ1) is 23.7. The van der Waals surface area contributed by atoms with Gasteiger partial charge in [0, 0.05) is 32.9 Å². The molecule has 27 heavy (non-hydrogen) atoms. The topological polar surface area (TPSA) is 85.4 Å². The molecular formula is C19H35IN6O. The van der Waals surface area contributed by atoms with Crippen LogP contribution >= 0.6 is 24.0 Å². The summed E-state index contributed by atoms with van der Waals surface area (Å²) in [5, 5.41) is 13.7. The van der Waals surface area contributed by atoms with Gasteiger partial charge in [-0.2, -0.15) is 5.10 Å². The Bertz CT molecular complexity index is 607. The summed E-state index contributed by atoms with van der Waals surface area (Å²) in [5.74, 6) is 1.01. The van der Waals surface area contributed by atoms with Crippen LogP contribution in [-0.4, -0.2) is 60.7 Å². The number of carbonyl (C=O) groups is 1. The van der Waals surface area contributed by atoms with Crippen molar-refractivity contribution in [3.8, 4) is 0 Å². The molecule has 0 aliphatic heterocycles. The molecule has 0 aromatic carbocycles. The average Bonchev–Trinajstić information content (AvgIpc) is 3.25. The zero-order chi connectivity index (χ0) is 19.0. The van der Waals surface area contributed by atoms with Crippen LogP contribution in [0.5, 0.6) is 0 Å². The van der Waals surface area contributed by atoms with Gasteiger partial charge in [-0.25, -0.2) is 0 Å². The van der Waals surface area contributed by atoms with Crippen LogP contribution in [0.25, 0.3) is 0 Å². The largest absolute Gasteiger partial charge is 0.357 e. The highest BCUT2D eigenvalue weighted by Crippen LogP contribution is 2.39. The van der Waals surface area contributed by atoms with Gasteiger partial charge in [-0.1, -0.05) is 12.8 Å². The minimum atomic E-state index is -0.320. The lowest BCUT2D eigenvalue weighted by atomic mass is 9.85. The molecule has 1 fully saturated rings. The Morgan fingerprint density at radius 2 is 2.04 bits per heavy atom. The Morgan fingerprint density at radius 3 is 2.59 bits per heavy atom. The van der Waals surface area contributed by atoms with Crippen molar-refractivity contribution in [2.24, 2.45) is 10.4 Å². The lowest BCUT2D eigenvalue weighted by Crippen LogP contribution is -2.43. The smallest absolute Gasteiger partial charge is 0.230 e. The van der Waals surface area contributed by atoms with Gasteiger partial charge in [0.2, 0.25) is 5.91 Å². The van der Waals surface area contributed by atoms with E-state index in [1.54, 1.807) is 4.90 Å². The second-order valence-corrected chi connectivity index (χ2v) is 7.43. The fourth-order valence-electron chi connectivity index (χ4n) is 3.65. The average molecular weight is 490 g/mol. The molecule has 8 heteroatoms. The van der Waals surface area contributed by atoms with Crippen LogP contribution in [-0.2, 0) is 11.2 Å². The predicted octanol–water partition coefficient (Wildman–Crippen LogP) is 2.47. The molecule has 1 heterocycles. The number of halogens is 1. The second-order valence-electron chi connectivity index (χ2n) is 7.43. The summed E-state index contributed by atoms with van der Waals surface area (Å²) in [7, 11) is 3.68. The summed E-state index contributed by atoms with van der Waals surface area (Å²) in [6, 6.07) is 0. The molecule has 0 atom stereocenters. The Hall–Kier alpha value is -1.32. The molecule has 0 spiro atoms. The van der Waals surface area contributed by atoms with E-state index in [9.17, 15) is 4.79 Å². The van der Waals surface area contributed by atoms with Gasteiger partial charge >= 0.3 is 0 Å². The van der Waals surface area contributed by atoms with E-state index >= 15 is 0 Å².